The van der Waals surface area contributed by atoms with Gasteiger partial charge in [-0.15, -0.1) is 0 Å². The monoisotopic (exact) mass is 394 g/mol. The average molecular weight is 394 g/mol. The van der Waals surface area contributed by atoms with Crippen molar-refractivity contribution in [2.45, 2.75) is 71.7 Å². The van der Waals surface area contributed by atoms with E-state index in [1.807, 2.05) is 27.7 Å². The molecule has 3 heterocycles. The van der Waals surface area contributed by atoms with Crippen molar-refractivity contribution < 1.29 is 27.6 Å². The van der Waals surface area contributed by atoms with Crippen LogP contribution in [0, 0.1) is 0 Å². The van der Waals surface area contributed by atoms with E-state index in [1.165, 1.54) is 16.8 Å². The minimum atomic E-state index is -2.69. The van der Waals surface area contributed by atoms with Crippen molar-refractivity contribution >= 4 is 29.7 Å². The molecule has 9 heteroatoms. The molecule has 0 radical (unpaired) electrons. The Labute approximate surface area is 163 Å². The van der Waals surface area contributed by atoms with Gasteiger partial charge in [0.15, 0.2) is 0 Å². The quantitative estimate of drug-likeness (QED) is 0.719. The normalized spacial score (nSPS) is 18.9. The molecule has 0 aromatic carbocycles. The van der Waals surface area contributed by atoms with Crippen molar-refractivity contribution in [1.29, 1.82) is 0 Å². The molecular formula is C19H25BF2N2O4. The Hall–Kier alpha value is -2.00. The Balaban J connectivity index is 2.14. The van der Waals surface area contributed by atoms with Crippen LogP contribution < -0.4 is 5.46 Å². The van der Waals surface area contributed by atoms with Crippen molar-refractivity contribution in [2.75, 3.05) is 0 Å². The van der Waals surface area contributed by atoms with Crippen LogP contribution in [0.2, 0.25) is 0 Å². The van der Waals surface area contributed by atoms with E-state index < -0.39 is 36.4 Å². The highest BCUT2D eigenvalue weighted by Gasteiger charge is 2.52. The van der Waals surface area contributed by atoms with Crippen LogP contribution in [0.4, 0.5) is 13.6 Å². The molecule has 0 atom stereocenters. The van der Waals surface area contributed by atoms with Crippen molar-refractivity contribution in [1.82, 2.24) is 9.55 Å². The smallest absolute Gasteiger partial charge is 0.443 e. The van der Waals surface area contributed by atoms with Gasteiger partial charge in [-0.2, -0.15) is 0 Å². The number of halogens is 2. The van der Waals surface area contributed by atoms with Gasteiger partial charge in [-0.05, 0) is 54.5 Å². The van der Waals surface area contributed by atoms with Gasteiger partial charge in [0.05, 0.1) is 11.2 Å². The third-order valence-corrected chi connectivity index (χ3v) is 5.04. The second-order valence-electron chi connectivity index (χ2n) is 8.96. The SMILES string of the molecule is CC(C)(C)OC(=O)n1cc(B2OC(C)(C)C(C)(C)O2)c2cc(C(F)F)cnc21. The number of aromatic nitrogens is 2. The van der Waals surface area contributed by atoms with E-state index in [0.29, 0.717) is 10.8 Å². The lowest BCUT2D eigenvalue weighted by Crippen LogP contribution is -2.41. The number of hydrogen-bond acceptors (Lipinski definition) is 5. The summed E-state index contributed by atoms with van der Waals surface area (Å²) in [5.74, 6) is 0. The summed E-state index contributed by atoms with van der Waals surface area (Å²) in [6, 6.07) is 1.31. The Morgan fingerprint density at radius 1 is 1.21 bits per heavy atom. The van der Waals surface area contributed by atoms with E-state index in [-0.39, 0.29) is 11.2 Å². The van der Waals surface area contributed by atoms with Gasteiger partial charge in [0, 0.05) is 28.8 Å². The van der Waals surface area contributed by atoms with Crippen molar-refractivity contribution in [3.05, 3.63) is 24.0 Å². The van der Waals surface area contributed by atoms with E-state index in [2.05, 4.69) is 4.98 Å². The fraction of sp³-hybridized carbons (Fsp3) is 0.579. The fourth-order valence-corrected chi connectivity index (χ4v) is 2.88. The number of hydrogen-bond donors (Lipinski definition) is 0. The Bertz CT molecular complexity index is 903. The molecule has 6 nitrogen and oxygen atoms in total. The van der Waals surface area contributed by atoms with E-state index >= 15 is 0 Å². The molecule has 0 saturated carbocycles. The van der Waals surface area contributed by atoms with Gasteiger partial charge in [0.1, 0.15) is 11.2 Å². The highest BCUT2D eigenvalue weighted by molar-refractivity contribution is 6.65. The number of carbonyl (C=O) groups excluding carboxylic acids is 1. The van der Waals surface area contributed by atoms with Gasteiger partial charge < -0.3 is 14.0 Å². The summed E-state index contributed by atoms with van der Waals surface area (Å²) >= 11 is 0. The molecule has 1 saturated heterocycles. The van der Waals surface area contributed by atoms with E-state index in [9.17, 15) is 13.6 Å². The summed E-state index contributed by atoms with van der Waals surface area (Å²) in [5.41, 5.74) is -1.54. The maximum Gasteiger partial charge on any atom is 0.497 e. The third-order valence-electron chi connectivity index (χ3n) is 5.04. The van der Waals surface area contributed by atoms with E-state index in [1.54, 1.807) is 20.8 Å². The van der Waals surface area contributed by atoms with Gasteiger partial charge in [0.25, 0.3) is 6.43 Å². The molecule has 1 aliphatic rings. The third kappa shape index (κ3) is 3.65. The van der Waals surface area contributed by atoms with E-state index in [4.69, 9.17) is 14.0 Å². The zero-order valence-electron chi connectivity index (χ0n) is 17.2. The molecule has 0 unspecified atom stereocenters. The standard InChI is InChI=1S/C19H25BF2N2O4/c1-17(2,3)26-16(25)24-10-13(20-27-18(4,5)19(6,7)28-20)12-8-11(14(21)22)9-23-15(12)24/h8-10,14H,1-7H3. The van der Waals surface area contributed by atoms with E-state index in [0.717, 1.165) is 6.20 Å². The Kier molecular flexibility index (Phi) is 4.83. The Morgan fingerprint density at radius 3 is 2.29 bits per heavy atom. The topological polar surface area (TPSA) is 62.6 Å². The molecule has 0 amide bonds. The molecule has 28 heavy (non-hydrogen) atoms. The molecule has 3 rings (SSSR count). The van der Waals surface area contributed by atoms with Crippen molar-refractivity contribution in [2.24, 2.45) is 0 Å². The second kappa shape index (κ2) is 6.52. The highest BCUT2D eigenvalue weighted by atomic mass is 19.3. The number of alkyl halides is 2. The number of pyridine rings is 1. The molecule has 152 valence electrons. The van der Waals surface area contributed by atoms with Crippen LogP contribution in [0.1, 0.15) is 60.5 Å². The molecule has 0 aliphatic carbocycles. The predicted molar refractivity (Wildman–Crippen MR) is 102 cm³/mol. The summed E-state index contributed by atoms with van der Waals surface area (Å²) in [6.07, 6.45) is -0.795. The number of carbonyl (C=O) groups is 1. The van der Waals surface area contributed by atoms with Crippen LogP contribution in [-0.2, 0) is 14.0 Å². The van der Waals surface area contributed by atoms with Gasteiger partial charge >= 0.3 is 13.2 Å². The first kappa shape index (κ1) is 20.7. The van der Waals surface area contributed by atoms with Crippen LogP contribution in [0.25, 0.3) is 11.0 Å². The zero-order valence-corrected chi connectivity index (χ0v) is 17.2. The summed E-state index contributed by atoms with van der Waals surface area (Å²) in [7, 11) is -0.828. The highest BCUT2D eigenvalue weighted by Crippen LogP contribution is 2.37. The van der Waals surface area contributed by atoms with Crippen LogP contribution in [0.15, 0.2) is 18.5 Å². The van der Waals surface area contributed by atoms with Crippen molar-refractivity contribution in [3.8, 4) is 0 Å². The lowest BCUT2D eigenvalue weighted by molar-refractivity contribution is 0.00578. The minimum absolute atomic E-state index is 0.211. The summed E-state index contributed by atoms with van der Waals surface area (Å²) in [6.45, 7) is 12.8. The zero-order chi connectivity index (χ0) is 21.1. The van der Waals surface area contributed by atoms with Gasteiger partial charge in [-0.1, -0.05) is 0 Å². The van der Waals surface area contributed by atoms with Crippen molar-refractivity contribution in [3.63, 3.8) is 0 Å². The molecule has 0 bridgehead atoms. The Morgan fingerprint density at radius 2 is 1.79 bits per heavy atom. The van der Waals surface area contributed by atoms with Crippen LogP contribution in [0.5, 0.6) is 0 Å². The number of fused-ring (bicyclic) bond motifs is 1. The summed E-state index contributed by atoms with van der Waals surface area (Å²) < 4.78 is 45.2. The minimum Gasteiger partial charge on any atom is -0.443 e. The second-order valence-corrected chi connectivity index (χ2v) is 8.96. The first-order valence-corrected chi connectivity index (χ1v) is 9.10. The first-order chi connectivity index (χ1) is 12.7. The van der Waals surface area contributed by atoms with Crippen LogP contribution in [0.3, 0.4) is 0 Å². The maximum atomic E-state index is 13.2. The van der Waals surface area contributed by atoms with Crippen LogP contribution >= 0.6 is 0 Å². The maximum absolute atomic E-state index is 13.2. The molecule has 0 N–H and O–H groups in total. The average Bonchev–Trinajstić information content (AvgIpc) is 2.99. The molecule has 2 aromatic heterocycles. The molecule has 2 aromatic rings. The van der Waals surface area contributed by atoms with Gasteiger partial charge in [-0.3, -0.25) is 0 Å². The molecular weight excluding hydrogens is 369 g/mol. The lowest BCUT2D eigenvalue weighted by Gasteiger charge is -2.32. The molecule has 1 fully saturated rings. The first-order valence-electron chi connectivity index (χ1n) is 9.10. The largest absolute Gasteiger partial charge is 0.497 e. The number of nitrogens with zero attached hydrogens (tertiary/aromatic N) is 2. The lowest BCUT2D eigenvalue weighted by atomic mass is 9.79. The van der Waals surface area contributed by atoms with Crippen LogP contribution in [-0.4, -0.2) is 39.6 Å². The van der Waals surface area contributed by atoms with Gasteiger partial charge in [-0.25, -0.2) is 23.1 Å². The fourth-order valence-electron chi connectivity index (χ4n) is 2.88. The number of rotatable bonds is 2. The molecule has 1 aliphatic heterocycles. The summed E-state index contributed by atoms with van der Waals surface area (Å²) in [4.78, 5) is 16.7. The summed E-state index contributed by atoms with van der Waals surface area (Å²) in [5, 5.41) is 0.363. The number of ether oxygens (including phenoxy) is 1. The van der Waals surface area contributed by atoms with Gasteiger partial charge in [0.2, 0.25) is 0 Å². The molecule has 0 spiro atoms. The predicted octanol–water partition coefficient (Wildman–Crippen LogP) is 4.06.